The number of carbonyl (C=O) groups is 1. The summed E-state index contributed by atoms with van der Waals surface area (Å²) in [5.74, 6) is -0.719. The molecule has 1 unspecified atom stereocenters. The zero-order valence-corrected chi connectivity index (χ0v) is 10.5. The van der Waals surface area contributed by atoms with Crippen LogP contribution in [0.2, 0.25) is 10.0 Å². The van der Waals surface area contributed by atoms with E-state index < -0.39 is 11.9 Å². The van der Waals surface area contributed by atoms with Crippen LogP contribution in [0.25, 0.3) is 0 Å². The predicted octanol–water partition coefficient (Wildman–Crippen LogP) is 1.58. The number of phenols is 1. The van der Waals surface area contributed by atoms with Gasteiger partial charge >= 0.3 is 0 Å². The van der Waals surface area contributed by atoms with Crippen molar-refractivity contribution in [2.24, 2.45) is 11.5 Å². The average molecular weight is 279 g/mol. The molecule has 1 atom stereocenters. The standard InChI is InChI=1S/C10H12Cl2N2O3/c1-17-6-2-4(11)8(9(12)10(6)16)5(13)3-7(14)15/h2,5,16H,3,13H2,1H3,(H2,14,15). The maximum atomic E-state index is 10.8. The third-order valence-corrected chi connectivity index (χ3v) is 2.90. The van der Waals surface area contributed by atoms with Gasteiger partial charge in [0, 0.05) is 24.1 Å². The van der Waals surface area contributed by atoms with Crippen LogP contribution in [0.4, 0.5) is 0 Å². The minimum absolute atomic E-state index is 0.0388. The molecular formula is C10H12Cl2N2O3. The van der Waals surface area contributed by atoms with Crippen LogP contribution in [0, 0.1) is 0 Å². The topological polar surface area (TPSA) is 98.6 Å². The number of halogens is 2. The lowest BCUT2D eigenvalue weighted by Gasteiger charge is -2.16. The van der Waals surface area contributed by atoms with Gasteiger partial charge in [-0.25, -0.2) is 0 Å². The van der Waals surface area contributed by atoms with Crippen LogP contribution in [0.15, 0.2) is 6.07 Å². The summed E-state index contributed by atoms with van der Waals surface area (Å²) in [6.45, 7) is 0. The molecule has 0 aromatic heterocycles. The molecule has 0 saturated heterocycles. The van der Waals surface area contributed by atoms with Gasteiger partial charge in [0.05, 0.1) is 17.2 Å². The van der Waals surface area contributed by atoms with Crippen molar-refractivity contribution < 1.29 is 14.6 Å². The van der Waals surface area contributed by atoms with Crippen LogP contribution in [0.3, 0.4) is 0 Å². The van der Waals surface area contributed by atoms with Crippen molar-refractivity contribution in [3.05, 3.63) is 21.7 Å². The maximum absolute atomic E-state index is 10.8. The van der Waals surface area contributed by atoms with Gasteiger partial charge in [0.25, 0.3) is 0 Å². The van der Waals surface area contributed by atoms with Gasteiger partial charge in [-0.2, -0.15) is 0 Å². The van der Waals surface area contributed by atoms with Gasteiger partial charge in [0.15, 0.2) is 11.5 Å². The molecule has 17 heavy (non-hydrogen) atoms. The van der Waals surface area contributed by atoms with Crippen molar-refractivity contribution in [3.63, 3.8) is 0 Å². The van der Waals surface area contributed by atoms with Crippen LogP contribution in [0.5, 0.6) is 11.5 Å². The number of hydrogen-bond acceptors (Lipinski definition) is 4. The van der Waals surface area contributed by atoms with E-state index >= 15 is 0 Å². The second-order valence-corrected chi connectivity index (χ2v) is 4.20. The van der Waals surface area contributed by atoms with Crippen LogP contribution in [-0.4, -0.2) is 18.1 Å². The third kappa shape index (κ3) is 2.94. The summed E-state index contributed by atoms with van der Waals surface area (Å²) < 4.78 is 4.87. The molecule has 0 aliphatic rings. The van der Waals surface area contributed by atoms with E-state index in [1.54, 1.807) is 0 Å². The Balaban J connectivity index is 3.25. The molecule has 1 amide bonds. The first-order valence-electron chi connectivity index (χ1n) is 4.67. The molecule has 0 saturated carbocycles. The van der Waals surface area contributed by atoms with E-state index in [0.29, 0.717) is 0 Å². The summed E-state index contributed by atoms with van der Waals surface area (Å²) >= 11 is 11.9. The highest BCUT2D eigenvalue weighted by Gasteiger charge is 2.21. The fraction of sp³-hybridized carbons (Fsp3) is 0.300. The number of nitrogens with two attached hydrogens (primary N) is 2. The second-order valence-electron chi connectivity index (χ2n) is 3.41. The lowest BCUT2D eigenvalue weighted by Crippen LogP contribution is -2.21. The number of methoxy groups -OCH3 is 1. The Kier molecular flexibility index (Phi) is 4.45. The molecule has 0 heterocycles. The average Bonchev–Trinajstić information content (AvgIpc) is 2.22. The molecule has 1 aromatic carbocycles. The minimum atomic E-state index is -0.774. The van der Waals surface area contributed by atoms with E-state index in [1.807, 2.05) is 0 Å². The lowest BCUT2D eigenvalue weighted by molar-refractivity contribution is -0.118. The molecule has 1 aromatic rings. The Bertz CT molecular complexity index is 452. The molecule has 1 rings (SSSR count). The highest BCUT2D eigenvalue weighted by Crippen LogP contribution is 2.43. The van der Waals surface area contributed by atoms with Gasteiger partial charge in [0.1, 0.15) is 0 Å². The van der Waals surface area contributed by atoms with Gasteiger partial charge in [-0.3, -0.25) is 4.79 Å². The van der Waals surface area contributed by atoms with Crippen LogP contribution >= 0.6 is 23.2 Å². The SMILES string of the molecule is COc1cc(Cl)c(C(N)CC(N)=O)c(Cl)c1O. The quantitative estimate of drug-likeness (QED) is 0.779. The highest BCUT2D eigenvalue weighted by atomic mass is 35.5. The molecule has 0 spiro atoms. The lowest BCUT2D eigenvalue weighted by atomic mass is 10.0. The molecule has 5 N–H and O–H groups in total. The van der Waals surface area contributed by atoms with Crippen LogP contribution < -0.4 is 16.2 Å². The molecule has 94 valence electrons. The first kappa shape index (κ1) is 13.9. The van der Waals surface area contributed by atoms with Gasteiger partial charge in [-0.05, 0) is 0 Å². The van der Waals surface area contributed by atoms with Crippen LogP contribution in [0.1, 0.15) is 18.0 Å². The smallest absolute Gasteiger partial charge is 0.219 e. The number of amides is 1. The van der Waals surface area contributed by atoms with Gasteiger partial charge in [0.2, 0.25) is 5.91 Å². The van der Waals surface area contributed by atoms with E-state index in [9.17, 15) is 9.90 Å². The van der Waals surface area contributed by atoms with Gasteiger partial charge in [-0.1, -0.05) is 23.2 Å². The van der Waals surface area contributed by atoms with E-state index in [2.05, 4.69) is 0 Å². The first-order valence-corrected chi connectivity index (χ1v) is 5.42. The van der Waals surface area contributed by atoms with Crippen molar-refractivity contribution in [2.75, 3.05) is 7.11 Å². The summed E-state index contributed by atoms with van der Waals surface area (Å²) in [6, 6.07) is 0.600. The van der Waals surface area contributed by atoms with Gasteiger partial charge < -0.3 is 21.3 Å². The number of hydrogen-bond donors (Lipinski definition) is 3. The van der Waals surface area contributed by atoms with Crippen LogP contribution in [-0.2, 0) is 4.79 Å². The molecule has 0 fully saturated rings. The largest absolute Gasteiger partial charge is 0.503 e. The van der Waals surface area contributed by atoms with E-state index in [0.717, 1.165) is 0 Å². The minimum Gasteiger partial charge on any atom is -0.503 e. The zero-order valence-electron chi connectivity index (χ0n) is 9.04. The summed E-state index contributed by atoms with van der Waals surface area (Å²) in [4.78, 5) is 10.8. The van der Waals surface area contributed by atoms with E-state index in [4.69, 9.17) is 39.4 Å². The van der Waals surface area contributed by atoms with Crippen molar-refractivity contribution in [2.45, 2.75) is 12.5 Å². The third-order valence-electron chi connectivity index (χ3n) is 2.20. The normalized spacial score (nSPS) is 12.2. The number of phenolic OH excluding ortho intramolecular Hbond substituents is 1. The summed E-state index contributed by atoms with van der Waals surface area (Å²) in [7, 11) is 1.37. The summed E-state index contributed by atoms with van der Waals surface area (Å²) in [6.07, 6.45) is -0.120. The molecular weight excluding hydrogens is 267 g/mol. The van der Waals surface area contributed by atoms with E-state index in [1.165, 1.54) is 13.2 Å². The number of ether oxygens (including phenoxy) is 1. The van der Waals surface area contributed by atoms with Crippen molar-refractivity contribution in [1.29, 1.82) is 0 Å². The highest BCUT2D eigenvalue weighted by molar-refractivity contribution is 6.37. The number of rotatable bonds is 4. The van der Waals surface area contributed by atoms with Crippen molar-refractivity contribution in [1.82, 2.24) is 0 Å². The molecule has 0 radical (unpaired) electrons. The number of aromatic hydroxyl groups is 1. The monoisotopic (exact) mass is 278 g/mol. The Morgan fingerprint density at radius 3 is 2.65 bits per heavy atom. The number of primary amides is 1. The predicted molar refractivity (Wildman–Crippen MR) is 65.4 cm³/mol. The Hall–Kier alpha value is -1.17. The Morgan fingerprint density at radius 2 is 2.18 bits per heavy atom. The fourth-order valence-electron chi connectivity index (χ4n) is 1.42. The Morgan fingerprint density at radius 1 is 1.59 bits per heavy atom. The molecule has 0 aliphatic carbocycles. The molecule has 0 aliphatic heterocycles. The molecule has 0 bridgehead atoms. The first-order chi connectivity index (χ1) is 7.88. The summed E-state index contributed by atoms with van der Waals surface area (Å²) in [5, 5.41) is 9.87. The molecule has 5 nitrogen and oxygen atoms in total. The maximum Gasteiger partial charge on any atom is 0.219 e. The second kappa shape index (κ2) is 5.44. The van der Waals surface area contributed by atoms with Crippen molar-refractivity contribution in [3.8, 4) is 11.5 Å². The van der Waals surface area contributed by atoms with E-state index in [-0.39, 0.29) is 33.5 Å². The number of carbonyl (C=O) groups excluding carboxylic acids is 1. The Labute approximate surface area is 108 Å². The van der Waals surface area contributed by atoms with Crippen molar-refractivity contribution >= 4 is 29.1 Å². The van der Waals surface area contributed by atoms with Gasteiger partial charge in [-0.15, -0.1) is 0 Å². The number of benzene rings is 1. The zero-order chi connectivity index (χ0) is 13.2. The molecule has 7 heteroatoms. The fourth-order valence-corrected chi connectivity index (χ4v) is 2.13. The summed E-state index contributed by atoms with van der Waals surface area (Å²) in [5.41, 5.74) is 11.0.